The summed E-state index contributed by atoms with van der Waals surface area (Å²) in [6, 6.07) is 0.368. The van der Waals surface area contributed by atoms with Crippen molar-refractivity contribution in [3.05, 3.63) is 0 Å². The molecule has 3 nitrogen and oxygen atoms in total. The number of nitrogens with zero attached hydrogens (tertiary/aromatic N) is 1. The third kappa shape index (κ3) is 1.53. The minimum absolute atomic E-state index is 0.220. The molecule has 0 aromatic carbocycles. The van der Waals surface area contributed by atoms with Gasteiger partial charge in [0.1, 0.15) is 0 Å². The van der Waals surface area contributed by atoms with Crippen molar-refractivity contribution in [2.75, 3.05) is 6.54 Å². The van der Waals surface area contributed by atoms with E-state index in [0.717, 1.165) is 6.42 Å². The lowest BCUT2D eigenvalue weighted by atomic mass is 10.2. The Bertz CT molecular complexity index is 158. The standard InChI is InChI=1S/C8H16N2O/c1-4-6(2)10-7(3)9-5-8(10)11/h6-7,9H,4-5H2,1-3H3. The summed E-state index contributed by atoms with van der Waals surface area (Å²) < 4.78 is 0. The highest BCUT2D eigenvalue weighted by Crippen LogP contribution is 2.11. The van der Waals surface area contributed by atoms with Crippen LogP contribution in [0.3, 0.4) is 0 Å². The molecule has 1 aliphatic heterocycles. The molecule has 1 aliphatic rings. The number of carbonyl (C=O) groups excluding carboxylic acids is 1. The summed E-state index contributed by atoms with van der Waals surface area (Å²) in [5, 5.41) is 3.11. The Hall–Kier alpha value is -0.570. The second kappa shape index (κ2) is 3.22. The van der Waals surface area contributed by atoms with Gasteiger partial charge in [0.25, 0.3) is 0 Å². The van der Waals surface area contributed by atoms with E-state index in [1.165, 1.54) is 0 Å². The van der Waals surface area contributed by atoms with E-state index in [4.69, 9.17) is 0 Å². The number of rotatable bonds is 2. The zero-order valence-corrected chi connectivity index (χ0v) is 7.42. The van der Waals surface area contributed by atoms with E-state index < -0.39 is 0 Å². The molecule has 0 saturated carbocycles. The van der Waals surface area contributed by atoms with E-state index in [-0.39, 0.29) is 12.1 Å². The van der Waals surface area contributed by atoms with Gasteiger partial charge in [-0.2, -0.15) is 0 Å². The van der Waals surface area contributed by atoms with Gasteiger partial charge in [-0.1, -0.05) is 6.92 Å². The van der Waals surface area contributed by atoms with E-state index in [1.54, 1.807) is 0 Å². The predicted octanol–water partition coefficient (Wildman–Crippen LogP) is 0.563. The fraction of sp³-hybridized carbons (Fsp3) is 0.875. The van der Waals surface area contributed by atoms with Gasteiger partial charge in [0.05, 0.1) is 12.7 Å². The molecular formula is C8H16N2O. The third-order valence-electron chi connectivity index (χ3n) is 2.32. The number of hydrogen-bond donors (Lipinski definition) is 1. The molecule has 2 unspecified atom stereocenters. The number of nitrogens with one attached hydrogen (secondary N) is 1. The maximum absolute atomic E-state index is 11.2. The lowest BCUT2D eigenvalue weighted by Gasteiger charge is -2.27. The zero-order chi connectivity index (χ0) is 8.43. The summed E-state index contributed by atoms with van der Waals surface area (Å²) in [7, 11) is 0. The van der Waals surface area contributed by atoms with Gasteiger partial charge in [-0.25, -0.2) is 0 Å². The van der Waals surface area contributed by atoms with Crippen LogP contribution in [-0.2, 0) is 4.79 Å². The molecule has 1 fully saturated rings. The normalized spacial score (nSPS) is 27.7. The number of hydrogen-bond acceptors (Lipinski definition) is 2. The maximum Gasteiger partial charge on any atom is 0.238 e. The minimum Gasteiger partial charge on any atom is -0.324 e. The van der Waals surface area contributed by atoms with Crippen LogP contribution in [0.25, 0.3) is 0 Å². The van der Waals surface area contributed by atoms with Gasteiger partial charge < -0.3 is 4.90 Å². The molecule has 1 N–H and O–H groups in total. The van der Waals surface area contributed by atoms with Crippen LogP contribution in [0.5, 0.6) is 0 Å². The molecule has 1 heterocycles. The van der Waals surface area contributed by atoms with Crippen molar-refractivity contribution in [1.82, 2.24) is 10.2 Å². The largest absolute Gasteiger partial charge is 0.324 e. The van der Waals surface area contributed by atoms with E-state index in [2.05, 4.69) is 19.2 Å². The van der Waals surface area contributed by atoms with Gasteiger partial charge in [0.15, 0.2) is 0 Å². The lowest BCUT2D eigenvalue weighted by Crippen LogP contribution is -2.41. The molecule has 64 valence electrons. The highest BCUT2D eigenvalue weighted by atomic mass is 16.2. The van der Waals surface area contributed by atoms with Crippen LogP contribution in [0.4, 0.5) is 0 Å². The Kier molecular flexibility index (Phi) is 2.49. The van der Waals surface area contributed by atoms with Crippen LogP contribution in [0, 0.1) is 0 Å². The first-order chi connectivity index (χ1) is 5.16. The highest BCUT2D eigenvalue weighted by Gasteiger charge is 2.29. The number of carbonyl (C=O) groups is 1. The summed E-state index contributed by atoms with van der Waals surface area (Å²) in [6.07, 6.45) is 1.25. The molecular weight excluding hydrogens is 140 g/mol. The van der Waals surface area contributed by atoms with Crippen LogP contribution in [0.2, 0.25) is 0 Å². The Balaban J connectivity index is 2.60. The number of amides is 1. The summed E-state index contributed by atoms with van der Waals surface area (Å²) in [5.74, 6) is 0.229. The SMILES string of the molecule is CCC(C)N1C(=O)CNC1C. The summed E-state index contributed by atoms with van der Waals surface area (Å²) in [5.41, 5.74) is 0. The average Bonchev–Trinajstić information content (AvgIpc) is 2.30. The van der Waals surface area contributed by atoms with Gasteiger partial charge in [-0.05, 0) is 20.3 Å². The molecule has 0 aromatic rings. The van der Waals surface area contributed by atoms with Crippen molar-refractivity contribution in [3.8, 4) is 0 Å². The molecule has 0 spiro atoms. The highest BCUT2D eigenvalue weighted by molar-refractivity contribution is 5.80. The van der Waals surface area contributed by atoms with Crippen molar-refractivity contribution in [3.63, 3.8) is 0 Å². The lowest BCUT2D eigenvalue weighted by molar-refractivity contribution is -0.129. The van der Waals surface area contributed by atoms with Crippen LogP contribution in [-0.4, -0.2) is 29.6 Å². The van der Waals surface area contributed by atoms with E-state index >= 15 is 0 Å². The van der Waals surface area contributed by atoms with Crippen LogP contribution in [0.1, 0.15) is 27.2 Å². The maximum atomic E-state index is 11.2. The molecule has 11 heavy (non-hydrogen) atoms. The Morgan fingerprint density at radius 3 is 2.82 bits per heavy atom. The predicted molar refractivity (Wildman–Crippen MR) is 44.1 cm³/mol. The first-order valence-corrected chi connectivity index (χ1v) is 4.21. The van der Waals surface area contributed by atoms with Crippen LogP contribution in [0.15, 0.2) is 0 Å². The van der Waals surface area contributed by atoms with Gasteiger partial charge in [-0.3, -0.25) is 10.1 Å². The fourth-order valence-corrected chi connectivity index (χ4v) is 1.46. The molecule has 1 amide bonds. The second-order valence-corrected chi connectivity index (χ2v) is 3.12. The second-order valence-electron chi connectivity index (χ2n) is 3.12. The van der Waals surface area contributed by atoms with Gasteiger partial charge in [-0.15, -0.1) is 0 Å². The molecule has 0 radical (unpaired) electrons. The van der Waals surface area contributed by atoms with Crippen LogP contribution < -0.4 is 5.32 Å². The van der Waals surface area contributed by atoms with Crippen molar-refractivity contribution < 1.29 is 4.79 Å². The van der Waals surface area contributed by atoms with E-state index in [0.29, 0.717) is 12.6 Å². The average molecular weight is 156 g/mol. The zero-order valence-electron chi connectivity index (χ0n) is 7.42. The van der Waals surface area contributed by atoms with Gasteiger partial charge >= 0.3 is 0 Å². The minimum atomic E-state index is 0.220. The summed E-state index contributed by atoms with van der Waals surface area (Å²) in [6.45, 7) is 6.72. The quantitative estimate of drug-likeness (QED) is 0.633. The smallest absolute Gasteiger partial charge is 0.238 e. The van der Waals surface area contributed by atoms with Crippen molar-refractivity contribution in [2.24, 2.45) is 0 Å². The Morgan fingerprint density at radius 1 is 1.82 bits per heavy atom. The molecule has 1 saturated heterocycles. The van der Waals surface area contributed by atoms with Crippen molar-refractivity contribution in [1.29, 1.82) is 0 Å². The fourth-order valence-electron chi connectivity index (χ4n) is 1.46. The molecule has 0 bridgehead atoms. The molecule has 2 atom stereocenters. The van der Waals surface area contributed by atoms with Gasteiger partial charge in [0, 0.05) is 6.04 Å². The van der Waals surface area contributed by atoms with Gasteiger partial charge in [0.2, 0.25) is 5.91 Å². The third-order valence-corrected chi connectivity index (χ3v) is 2.32. The van der Waals surface area contributed by atoms with E-state index in [1.807, 2.05) is 11.8 Å². The van der Waals surface area contributed by atoms with E-state index in [9.17, 15) is 4.79 Å². The topological polar surface area (TPSA) is 32.3 Å². The molecule has 0 aliphatic carbocycles. The summed E-state index contributed by atoms with van der Waals surface area (Å²) >= 11 is 0. The van der Waals surface area contributed by atoms with Crippen molar-refractivity contribution in [2.45, 2.75) is 39.4 Å². The Labute approximate surface area is 67.8 Å². The first kappa shape index (κ1) is 8.53. The monoisotopic (exact) mass is 156 g/mol. The van der Waals surface area contributed by atoms with Crippen LogP contribution >= 0.6 is 0 Å². The Morgan fingerprint density at radius 2 is 2.45 bits per heavy atom. The molecule has 1 rings (SSSR count). The summed E-state index contributed by atoms with van der Waals surface area (Å²) in [4.78, 5) is 13.2. The van der Waals surface area contributed by atoms with Crippen molar-refractivity contribution >= 4 is 5.91 Å². The molecule has 3 heteroatoms. The first-order valence-electron chi connectivity index (χ1n) is 4.21. The molecule has 0 aromatic heterocycles.